The van der Waals surface area contributed by atoms with E-state index in [4.69, 9.17) is 27.9 Å². The summed E-state index contributed by atoms with van der Waals surface area (Å²) in [5.74, 6) is -1.08. The number of para-hydroxylation sites is 1. The molecule has 0 aromatic heterocycles. The zero-order chi connectivity index (χ0) is 15.9. The van der Waals surface area contributed by atoms with Crippen LogP contribution in [0.15, 0.2) is 47.6 Å². The molecule has 0 radical (unpaired) electrons. The first-order valence-electron chi connectivity index (χ1n) is 6.21. The standard InChI is InChI=1S/C15H11Cl2FN2O2/c16-11-4-3-5-12(17)10(11)8-19-20-15(21)9-22-14-7-2-1-6-13(14)18/h1-8H,9H2,(H,20,21)/b19-8-. The molecular formula is C15H11Cl2FN2O2. The first-order valence-corrected chi connectivity index (χ1v) is 6.97. The monoisotopic (exact) mass is 340 g/mol. The van der Waals surface area contributed by atoms with Gasteiger partial charge < -0.3 is 4.74 Å². The molecule has 2 aromatic carbocycles. The third-order valence-electron chi connectivity index (χ3n) is 2.58. The largest absolute Gasteiger partial charge is 0.481 e. The highest BCUT2D eigenvalue weighted by molar-refractivity contribution is 6.38. The summed E-state index contributed by atoms with van der Waals surface area (Å²) < 4.78 is 18.3. The van der Waals surface area contributed by atoms with Crippen molar-refractivity contribution in [3.8, 4) is 5.75 Å². The van der Waals surface area contributed by atoms with Crippen LogP contribution in [-0.2, 0) is 4.79 Å². The van der Waals surface area contributed by atoms with Crippen molar-refractivity contribution in [3.63, 3.8) is 0 Å². The topological polar surface area (TPSA) is 50.7 Å². The molecule has 7 heteroatoms. The number of amides is 1. The third kappa shape index (κ3) is 4.44. The number of ether oxygens (including phenoxy) is 1. The molecule has 0 aliphatic carbocycles. The summed E-state index contributed by atoms with van der Waals surface area (Å²) in [6.07, 6.45) is 1.33. The molecule has 4 nitrogen and oxygen atoms in total. The summed E-state index contributed by atoms with van der Waals surface area (Å²) in [6, 6.07) is 10.8. The number of hydrogen-bond acceptors (Lipinski definition) is 3. The van der Waals surface area contributed by atoms with Crippen LogP contribution in [-0.4, -0.2) is 18.7 Å². The average molecular weight is 341 g/mol. The van der Waals surface area contributed by atoms with Crippen LogP contribution < -0.4 is 10.2 Å². The lowest BCUT2D eigenvalue weighted by atomic mass is 10.2. The number of nitrogens with zero attached hydrogens (tertiary/aromatic N) is 1. The molecule has 2 rings (SSSR count). The van der Waals surface area contributed by atoms with Gasteiger partial charge in [-0.3, -0.25) is 4.79 Å². The van der Waals surface area contributed by atoms with Crippen LogP contribution in [0.3, 0.4) is 0 Å². The van der Waals surface area contributed by atoms with E-state index in [1.165, 1.54) is 24.4 Å². The number of rotatable bonds is 5. The van der Waals surface area contributed by atoms with Crippen LogP contribution >= 0.6 is 23.2 Å². The average Bonchev–Trinajstić information content (AvgIpc) is 2.49. The molecule has 1 amide bonds. The van der Waals surface area contributed by atoms with Gasteiger partial charge in [-0.15, -0.1) is 0 Å². The van der Waals surface area contributed by atoms with Crippen molar-refractivity contribution in [1.29, 1.82) is 0 Å². The van der Waals surface area contributed by atoms with Crippen LogP contribution in [0.25, 0.3) is 0 Å². The van der Waals surface area contributed by atoms with Gasteiger partial charge in [-0.25, -0.2) is 9.82 Å². The van der Waals surface area contributed by atoms with E-state index in [1.807, 2.05) is 0 Å². The molecule has 22 heavy (non-hydrogen) atoms. The van der Waals surface area contributed by atoms with Crippen LogP contribution in [0, 0.1) is 5.82 Å². The van der Waals surface area contributed by atoms with Gasteiger partial charge in [0, 0.05) is 5.56 Å². The fourth-order valence-corrected chi connectivity index (χ4v) is 2.04. The van der Waals surface area contributed by atoms with Gasteiger partial charge in [-0.1, -0.05) is 41.4 Å². The van der Waals surface area contributed by atoms with Gasteiger partial charge in [0.25, 0.3) is 5.91 Å². The number of halogens is 3. The summed E-state index contributed by atoms with van der Waals surface area (Å²) in [4.78, 5) is 11.5. The van der Waals surface area contributed by atoms with Crippen molar-refractivity contribution in [2.24, 2.45) is 5.10 Å². The Kier molecular flexibility index (Phi) is 5.75. The lowest BCUT2D eigenvalue weighted by Gasteiger charge is -2.05. The lowest BCUT2D eigenvalue weighted by Crippen LogP contribution is -2.24. The van der Waals surface area contributed by atoms with Crippen molar-refractivity contribution in [1.82, 2.24) is 5.43 Å². The van der Waals surface area contributed by atoms with E-state index < -0.39 is 11.7 Å². The van der Waals surface area contributed by atoms with Crippen LogP contribution in [0.5, 0.6) is 5.75 Å². The second-order valence-electron chi connectivity index (χ2n) is 4.15. The smallest absolute Gasteiger partial charge is 0.277 e. The van der Waals surface area contributed by atoms with Gasteiger partial charge in [0.2, 0.25) is 0 Å². The summed E-state index contributed by atoms with van der Waals surface area (Å²) in [6.45, 7) is -0.367. The minimum Gasteiger partial charge on any atom is -0.481 e. The molecule has 0 saturated carbocycles. The Morgan fingerprint density at radius 3 is 2.55 bits per heavy atom. The summed E-state index contributed by atoms with van der Waals surface area (Å²) in [7, 11) is 0. The predicted octanol–water partition coefficient (Wildman–Crippen LogP) is 3.66. The highest BCUT2D eigenvalue weighted by Gasteiger charge is 2.06. The molecule has 114 valence electrons. The normalized spacial score (nSPS) is 10.7. The van der Waals surface area contributed by atoms with E-state index in [0.717, 1.165) is 0 Å². The highest BCUT2D eigenvalue weighted by Crippen LogP contribution is 2.22. The number of hydrazone groups is 1. The quantitative estimate of drug-likeness (QED) is 0.667. The van der Waals surface area contributed by atoms with E-state index in [1.54, 1.807) is 24.3 Å². The van der Waals surface area contributed by atoms with E-state index in [2.05, 4.69) is 10.5 Å². The second-order valence-corrected chi connectivity index (χ2v) is 4.96. The third-order valence-corrected chi connectivity index (χ3v) is 3.24. The van der Waals surface area contributed by atoms with Gasteiger partial charge in [0.15, 0.2) is 18.2 Å². The molecule has 0 heterocycles. The molecule has 0 saturated heterocycles. The lowest BCUT2D eigenvalue weighted by molar-refractivity contribution is -0.123. The minimum absolute atomic E-state index is 0.00391. The van der Waals surface area contributed by atoms with Crippen molar-refractivity contribution in [2.45, 2.75) is 0 Å². The SMILES string of the molecule is O=C(COc1ccccc1F)N/N=C\c1c(Cl)cccc1Cl. The molecule has 0 fully saturated rings. The van der Waals surface area contributed by atoms with Crippen LogP contribution in [0.4, 0.5) is 4.39 Å². The van der Waals surface area contributed by atoms with Crippen molar-refractivity contribution >= 4 is 35.3 Å². The van der Waals surface area contributed by atoms with Gasteiger partial charge >= 0.3 is 0 Å². The van der Waals surface area contributed by atoms with Crippen molar-refractivity contribution < 1.29 is 13.9 Å². The summed E-state index contributed by atoms with van der Waals surface area (Å²) in [5, 5.41) is 4.55. The van der Waals surface area contributed by atoms with Crippen LogP contribution in [0.2, 0.25) is 10.0 Å². The maximum atomic E-state index is 13.3. The Morgan fingerprint density at radius 2 is 1.86 bits per heavy atom. The zero-order valence-corrected chi connectivity index (χ0v) is 12.7. The van der Waals surface area contributed by atoms with E-state index in [0.29, 0.717) is 15.6 Å². The molecule has 1 N–H and O–H groups in total. The number of hydrogen-bond donors (Lipinski definition) is 1. The van der Waals surface area contributed by atoms with E-state index >= 15 is 0 Å². The zero-order valence-electron chi connectivity index (χ0n) is 11.2. The fourth-order valence-electron chi connectivity index (χ4n) is 1.54. The molecule has 0 unspecified atom stereocenters. The summed E-state index contributed by atoms with van der Waals surface area (Å²) in [5.41, 5.74) is 2.73. The van der Waals surface area contributed by atoms with Gasteiger partial charge in [0.05, 0.1) is 16.3 Å². The number of nitrogens with one attached hydrogen (secondary N) is 1. The highest BCUT2D eigenvalue weighted by atomic mass is 35.5. The van der Waals surface area contributed by atoms with Crippen molar-refractivity contribution in [2.75, 3.05) is 6.61 Å². The molecule has 0 atom stereocenters. The van der Waals surface area contributed by atoms with Crippen molar-refractivity contribution in [3.05, 3.63) is 63.9 Å². The number of carbonyl (C=O) groups is 1. The number of carbonyl (C=O) groups excluding carboxylic acids is 1. The fraction of sp³-hybridized carbons (Fsp3) is 0.0667. The Morgan fingerprint density at radius 1 is 1.18 bits per heavy atom. The molecule has 0 bridgehead atoms. The van der Waals surface area contributed by atoms with E-state index in [-0.39, 0.29) is 12.4 Å². The van der Waals surface area contributed by atoms with Gasteiger partial charge in [0.1, 0.15) is 0 Å². The second kappa shape index (κ2) is 7.77. The maximum absolute atomic E-state index is 13.3. The predicted molar refractivity (Wildman–Crippen MR) is 84.1 cm³/mol. The van der Waals surface area contributed by atoms with E-state index in [9.17, 15) is 9.18 Å². The Bertz CT molecular complexity index is 687. The van der Waals surface area contributed by atoms with Gasteiger partial charge in [-0.2, -0.15) is 5.10 Å². The Hall–Kier alpha value is -2.11. The summed E-state index contributed by atoms with van der Waals surface area (Å²) >= 11 is 11.9. The molecule has 2 aromatic rings. The van der Waals surface area contributed by atoms with Gasteiger partial charge in [-0.05, 0) is 24.3 Å². The molecular weight excluding hydrogens is 330 g/mol. The van der Waals surface area contributed by atoms with Crippen LogP contribution in [0.1, 0.15) is 5.56 Å². The minimum atomic E-state index is -0.540. The first-order chi connectivity index (χ1) is 10.6. The maximum Gasteiger partial charge on any atom is 0.277 e. The number of benzene rings is 2. The molecule has 0 aliphatic rings. The molecule has 0 aliphatic heterocycles. The first kappa shape index (κ1) is 16.3. The Balaban J connectivity index is 1.88. The molecule has 0 spiro atoms. The Labute approximate surface area is 136 Å².